The minimum Gasteiger partial charge on any atom is -0.507 e. The molecule has 0 saturated heterocycles. The number of ether oxygens (including phenoxy) is 1. The molecule has 0 atom stereocenters. The molecule has 0 unspecified atom stereocenters. The van der Waals surface area contributed by atoms with Crippen LogP contribution in [0.25, 0.3) is 6.08 Å². The van der Waals surface area contributed by atoms with E-state index in [9.17, 15) is 14.7 Å². The number of aromatic hydroxyl groups is 1. The highest BCUT2D eigenvalue weighted by atomic mass is 16.6. The van der Waals surface area contributed by atoms with Gasteiger partial charge < -0.3 is 15.6 Å². The van der Waals surface area contributed by atoms with Crippen molar-refractivity contribution in [2.24, 2.45) is 0 Å². The van der Waals surface area contributed by atoms with Crippen molar-refractivity contribution in [1.29, 1.82) is 0 Å². The average molecular weight is 283 g/mol. The third kappa shape index (κ3) is 3.70. The smallest absolute Gasteiger partial charge is 0.348 e. The van der Waals surface area contributed by atoms with Crippen molar-refractivity contribution in [3.8, 4) is 5.75 Å². The molecular formula is C16H13NO4. The number of esters is 2. The van der Waals surface area contributed by atoms with E-state index in [0.29, 0.717) is 5.56 Å². The van der Waals surface area contributed by atoms with Crippen molar-refractivity contribution in [3.63, 3.8) is 0 Å². The molecule has 106 valence electrons. The SMILES string of the molecule is Nc1ccccc1C(=O)OC(=O)/C=C/c1ccccc1O. The van der Waals surface area contributed by atoms with Gasteiger partial charge in [-0.2, -0.15) is 0 Å². The van der Waals surface area contributed by atoms with Gasteiger partial charge in [0.2, 0.25) is 0 Å². The van der Waals surface area contributed by atoms with Gasteiger partial charge in [-0.3, -0.25) is 0 Å². The predicted octanol–water partition coefficient (Wildman–Crippen LogP) is 2.37. The van der Waals surface area contributed by atoms with Gasteiger partial charge in [0.05, 0.1) is 5.56 Å². The van der Waals surface area contributed by atoms with E-state index in [0.717, 1.165) is 6.08 Å². The maximum atomic E-state index is 11.7. The molecule has 5 heteroatoms. The Balaban J connectivity index is 2.04. The van der Waals surface area contributed by atoms with Gasteiger partial charge in [0.1, 0.15) is 5.75 Å². The summed E-state index contributed by atoms with van der Waals surface area (Å²) in [4.78, 5) is 23.3. The second-order valence-corrected chi connectivity index (χ2v) is 4.19. The first kappa shape index (κ1) is 14.3. The molecule has 0 spiro atoms. The Morgan fingerprint density at radius 3 is 2.43 bits per heavy atom. The number of carbonyl (C=O) groups is 2. The Morgan fingerprint density at radius 2 is 1.71 bits per heavy atom. The molecule has 21 heavy (non-hydrogen) atoms. The highest BCUT2D eigenvalue weighted by molar-refractivity contribution is 6.03. The number of para-hydroxylation sites is 2. The van der Waals surface area contributed by atoms with E-state index < -0.39 is 11.9 Å². The minimum atomic E-state index is -0.841. The first-order chi connectivity index (χ1) is 10.1. The van der Waals surface area contributed by atoms with Crippen molar-refractivity contribution in [2.75, 3.05) is 5.73 Å². The normalized spacial score (nSPS) is 10.5. The summed E-state index contributed by atoms with van der Waals surface area (Å²) >= 11 is 0. The lowest BCUT2D eigenvalue weighted by Crippen LogP contribution is -2.12. The van der Waals surface area contributed by atoms with Crippen LogP contribution in [0.4, 0.5) is 5.69 Å². The fraction of sp³-hybridized carbons (Fsp3) is 0. The van der Waals surface area contributed by atoms with Crippen LogP contribution in [0.2, 0.25) is 0 Å². The zero-order valence-electron chi connectivity index (χ0n) is 11.0. The van der Waals surface area contributed by atoms with Crippen molar-refractivity contribution in [1.82, 2.24) is 0 Å². The van der Waals surface area contributed by atoms with Crippen LogP contribution in [-0.2, 0) is 9.53 Å². The van der Waals surface area contributed by atoms with Crippen molar-refractivity contribution in [2.45, 2.75) is 0 Å². The molecule has 0 heterocycles. The summed E-state index contributed by atoms with van der Waals surface area (Å²) in [6, 6.07) is 12.8. The number of hydrogen-bond acceptors (Lipinski definition) is 5. The van der Waals surface area contributed by atoms with Crippen molar-refractivity contribution >= 4 is 23.7 Å². The standard InChI is InChI=1S/C16H13NO4/c17-13-7-3-2-6-12(13)16(20)21-15(19)10-9-11-5-1-4-8-14(11)18/h1-10,18H,17H2/b10-9+. The lowest BCUT2D eigenvalue weighted by molar-refractivity contribution is -0.132. The van der Waals surface area contributed by atoms with E-state index in [1.165, 1.54) is 18.2 Å². The van der Waals surface area contributed by atoms with Crippen LogP contribution >= 0.6 is 0 Å². The third-order valence-corrected chi connectivity index (χ3v) is 2.71. The third-order valence-electron chi connectivity index (χ3n) is 2.71. The first-order valence-electron chi connectivity index (χ1n) is 6.14. The number of anilines is 1. The molecule has 2 aromatic carbocycles. The first-order valence-corrected chi connectivity index (χ1v) is 6.14. The highest BCUT2D eigenvalue weighted by Crippen LogP contribution is 2.17. The molecule has 0 bridgehead atoms. The van der Waals surface area contributed by atoms with Crippen LogP contribution in [-0.4, -0.2) is 17.0 Å². The summed E-state index contributed by atoms with van der Waals surface area (Å²) in [5.41, 5.74) is 6.43. The van der Waals surface area contributed by atoms with E-state index in [2.05, 4.69) is 4.74 Å². The Bertz CT molecular complexity index is 707. The summed E-state index contributed by atoms with van der Waals surface area (Å²) in [7, 11) is 0. The Labute approximate surface area is 121 Å². The molecule has 0 saturated carbocycles. The number of nitrogens with two attached hydrogens (primary N) is 1. The van der Waals surface area contributed by atoms with Gasteiger partial charge in [0.15, 0.2) is 0 Å². The largest absolute Gasteiger partial charge is 0.507 e. The molecule has 0 aliphatic heterocycles. The molecule has 0 amide bonds. The number of nitrogen functional groups attached to an aromatic ring is 1. The summed E-state index contributed by atoms with van der Waals surface area (Å²) in [6.45, 7) is 0. The van der Waals surface area contributed by atoms with E-state index in [-0.39, 0.29) is 17.0 Å². The number of phenols is 1. The monoisotopic (exact) mass is 283 g/mol. The lowest BCUT2D eigenvalue weighted by Gasteiger charge is -2.03. The molecule has 0 fully saturated rings. The van der Waals surface area contributed by atoms with E-state index in [1.54, 1.807) is 36.4 Å². The molecular weight excluding hydrogens is 270 g/mol. The van der Waals surface area contributed by atoms with E-state index in [4.69, 9.17) is 5.73 Å². The molecule has 2 rings (SSSR count). The topological polar surface area (TPSA) is 89.6 Å². The van der Waals surface area contributed by atoms with Gasteiger partial charge in [-0.05, 0) is 24.3 Å². The van der Waals surface area contributed by atoms with Crippen molar-refractivity contribution in [3.05, 3.63) is 65.7 Å². The summed E-state index contributed by atoms with van der Waals surface area (Å²) in [5.74, 6) is -1.63. The van der Waals surface area contributed by atoms with Gasteiger partial charge in [-0.15, -0.1) is 0 Å². The molecule has 3 N–H and O–H groups in total. The Hall–Kier alpha value is -3.08. The maximum absolute atomic E-state index is 11.7. The molecule has 2 aromatic rings. The fourth-order valence-electron chi connectivity index (χ4n) is 1.65. The zero-order valence-corrected chi connectivity index (χ0v) is 11.0. The number of benzene rings is 2. The average Bonchev–Trinajstić information content (AvgIpc) is 2.46. The van der Waals surface area contributed by atoms with Gasteiger partial charge in [0.25, 0.3) is 0 Å². The van der Waals surface area contributed by atoms with Crippen LogP contribution in [0.1, 0.15) is 15.9 Å². The summed E-state index contributed by atoms with van der Waals surface area (Å²) < 4.78 is 4.65. The number of hydrogen-bond donors (Lipinski definition) is 2. The van der Waals surface area contributed by atoms with Crippen LogP contribution in [0.5, 0.6) is 5.75 Å². The van der Waals surface area contributed by atoms with Crippen LogP contribution < -0.4 is 5.73 Å². The maximum Gasteiger partial charge on any atom is 0.348 e. The van der Waals surface area contributed by atoms with Crippen molar-refractivity contribution < 1.29 is 19.4 Å². The second-order valence-electron chi connectivity index (χ2n) is 4.19. The Morgan fingerprint density at radius 1 is 1.05 bits per heavy atom. The number of carbonyl (C=O) groups excluding carboxylic acids is 2. The zero-order chi connectivity index (χ0) is 15.2. The van der Waals surface area contributed by atoms with Gasteiger partial charge >= 0.3 is 11.9 Å². The van der Waals surface area contributed by atoms with E-state index >= 15 is 0 Å². The summed E-state index contributed by atoms with van der Waals surface area (Å²) in [5, 5.41) is 9.53. The second kappa shape index (κ2) is 6.38. The van der Waals surface area contributed by atoms with Gasteiger partial charge in [0, 0.05) is 17.3 Å². The number of rotatable bonds is 3. The molecule has 0 aliphatic rings. The van der Waals surface area contributed by atoms with Gasteiger partial charge in [-0.1, -0.05) is 30.3 Å². The quantitative estimate of drug-likeness (QED) is 0.390. The number of phenolic OH excluding ortho intramolecular Hbond substituents is 1. The lowest BCUT2D eigenvalue weighted by atomic mass is 10.2. The van der Waals surface area contributed by atoms with Crippen LogP contribution in [0.3, 0.4) is 0 Å². The summed E-state index contributed by atoms with van der Waals surface area (Å²) in [6.07, 6.45) is 2.42. The molecule has 0 radical (unpaired) electrons. The molecule has 5 nitrogen and oxygen atoms in total. The van der Waals surface area contributed by atoms with E-state index in [1.807, 2.05) is 0 Å². The minimum absolute atomic E-state index is 0.0279. The fourth-order valence-corrected chi connectivity index (χ4v) is 1.65. The van der Waals surface area contributed by atoms with Crippen LogP contribution in [0, 0.1) is 0 Å². The highest BCUT2D eigenvalue weighted by Gasteiger charge is 2.13. The molecule has 0 aromatic heterocycles. The molecule has 0 aliphatic carbocycles. The van der Waals surface area contributed by atoms with Gasteiger partial charge in [-0.25, -0.2) is 9.59 Å². The Kier molecular flexibility index (Phi) is 4.36. The van der Waals surface area contributed by atoms with Crippen LogP contribution in [0.15, 0.2) is 54.6 Å². The predicted molar refractivity (Wildman–Crippen MR) is 78.4 cm³/mol.